The molecule has 0 atom stereocenters. The molecule has 14 heteroatoms. The zero-order valence-corrected chi connectivity index (χ0v) is 28.4. The van der Waals surface area contributed by atoms with Crippen molar-refractivity contribution in [3.8, 4) is 11.3 Å². The fourth-order valence-electron chi connectivity index (χ4n) is 5.39. The third-order valence-corrected chi connectivity index (χ3v) is 8.31. The number of carboxylic acids is 1. The SMILES string of the molecule is CNC(=O)CNCCCN(CCN(c1ccc(F)c(Cl)c1)c1ccnc2ccc(-c3cc(C(=O)O)n(C)n3)cc12)C(=O)OCc1ccccc1. The van der Waals surface area contributed by atoms with Crippen molar-refractivity contribution in [1.82, 2.24) is 30.3 Å². The van der Waals surface area contributed by atoms with Gasteiger partial charge in [-0.15, -0.1) is 0 Å². The van der Waals surface area contributed by atoms with Gasteiger partial charge < -0.3 is 30.3 Å². The molecule has 260 valence electrons. The predicted octanol–water partition coefficient (Wildman–Crippen LogP) is 5.63. The minimum Gasteiger partial charge on any atom is -0.477 e. The number of carboxylic acid groups (broad SMARTS) is 1. The van der Waals surface area contributed by atoms with Crippen molar-refractivity contribution in [3.05, 3.63) is 107 Å². The molecular weight excluding hydrogens is 665 g/mol. The summed E-state index contributed by atoms with van der Waals surface area (Å²) in [6, 6.07) is 22.6. The lowest BCUT2D eigenvalue weighted by Crippen LogP contribution is -2.40. The van der Waals surface area contributed by atoms with Crippen molar-refractivity contribution in [2.24, 2.45) is 7.05 Å². The summed E-state index contributed by atoms with van der Waals surface area (Å²) >= 11 is 6.26. The number of halogens is 2. The van der Waals surface area contributed by atoms with Gasteiger partial charge in [-0.25, -0.2) is 14.0 Å². The molecule has 0 radical (unpaired) electrons. The standard InChI is InChI=1S/C36H37ClFN7O5/c1-39-34(46)22-40-14-6-16-44(36(49)50-23-24-7-4-3-5-8-24)17-18-45(26-10-11-29(38)28(37)20-26)32-13-15-41-30-12-9-25(19-27(30)32)31-21-33(35(47)48)43(2)42-31/h3-5,7-13,15,19-21,40H,6,14,16-18,22-23H2,1-2H3,(H,39,46)(H,47,48). The number of pyridine rings is 1. The molecular formula is C36H37ClFN7O5. The molecule has 2 amide bonds. The molecule has 12 nitrogen and oxygen atoms in total. The second-order valence-electron chi connectivity index (χ2n) is 11.4. The molecule has 3 aromatic carbocycles. The first kappa shape index (κ1) is 35.8. The van der Waals surface area contributed by atoms with Crippen LogP contribution >= 0.6 is 11.6 Å². The summed E-state index contributed by atoms with van der Waals surface area (Å²) in [5.74, 6) is -1.81. The van der Waals surface area contributed by atoms with Crippen molar-refractivity contribution >= 4 is 51.8 Å². The van der Waals surface area contributed by atoms with Crippen molar-refractivity contribution in [3.63, 3.8) is 0 Å². The number of hydrogen-bond donors (Lipinski definition) is 3. The lowest BCUT2D eigenvalue weighted by atomic mass is 10.1. The Kier molecular flexibility index (Phi) is 12.0. The first-order valence-corrected chi connectivity index (χ1v) is 16.3. The van der Waals surface area contributed by atoms with Crippen LogP contribution in [-0.2, 0) is 23.2 Å². The van der Waals surface area contributed by atoms with Gasteiger partial charge in [0.15, 0.2) is 0 Å². The average Bonchev–Trinajstić information content (AvgIpc) is 3.53. The zero-order valence-electron chi connectivity index (χ0n) is 27.6. The largest absolute Gasteiger partial charge is 0.477 e. The van der Waals surface area contributed by atoms with Crippen LogP contribution in [0, 0.1) is 5.82 Å². The maximum absolute atomic E-state index is 14.4. The van der Waals surface area contributed by atoms with E-state index in [9.17, 15) is 23.9 Å². The van der Waals surface area contributed by atoms with Crippen LogP contribution in [0.25, 0.3) is 22.2 Å². The van der Waals surface area contributed by atoms with Crippen LogP contribution in [0.5, 0.6) is 0 Å². The third-order valence-electron chi connectivity index (χ3n) is 8.02. The normalized spacial score (nSPS) is 11.0. The van der Waals surface area contributed by atoms with Gasteiger partial charge in [-0.05, 0) is 61.0 Å². The molecule has 3 N–H and O–H groups in total. The molecule has 50 heavy (non-hydrogen) atoms. The van der Waals surface area contributed by atoms with Crippen LogP contribution in [-0.4, -0.2) is 82.5 Å². The van der Waals surface area contributed by atoms with E-state index in [0.29, 0.717) is 53.0 Å². The smallest absolute Gasteiger partial charge is 0.410 e. The van der Waals surface area contributed by atoms with Crippen molar-refractivity contribution < 1.29 is 28.6 Å². The molecule has 5 rings (SSSR count). The van der Waals surface area contributed by atoms with E-state index in [0.717, 1.165) is 5.56 Å². The average molecular weight is 702 g/mol. The highest BCUT2D eigenvalue weighted by atomic mass is 35.5. The molecule has 0 bridgehead atoms. The number of anilines is 2. The molecule has 0 saturated carbocycles. The van der Waals surface area contributed by atoms with E-state index >= 15 is 0 Å². The summed E-state index contributed by atoms with van der Waals surface area (Å²) in [4.78, 5) is 44.9. The molecule has 5 aromatic rings. The van der Waals surface area contributed by atoms with E-state index in [1.807, 2.05) is 59.5 Å². The molecule has 0 spiro atoms. The minimum absolute atomic E-state index is 0.0390. The number of aromatic nitrogens is 3. The fourth-order valence-corrected chi connectivity index (χ4v) is 5.56. The number of nitrogens with one attached hydrogen (secondary N) is 2. The Morgan fingerprint density at radius 3 is 2.52 bits per heavy atom. The number of nitrogens with zero attached hydrogens (tertiary/aromatic N) is 5. The van der Waals surface area contributed by atoms with Crippen LogP contribution in [0.4, 0.5) is 20.6 Å². The Balaban J connectivity index is 1.46. The number of ether oxygens (including phenoxy) is 1. The number of amides is 2. The Labute approximate surface area is 293 Å². The first-order valence-electron chi connectivity index (χ1n) is 15.9. The van der Waals surface area contributed by atoms with E-state index < -0.39 is 17.9 Å². The van der Waals surface area contributed by atoms with Crippen molar-refractivity contribution in [2.75, 3.05) is 44.7 Å². The number of carbonyl (C=O) groups is 3. The number of fused-ring (bicyclic) bond motifs is 1. The maximum Gasteiger partial charge on any atom is 0.410 e. The number of rotatable bonds is 15. The summed E-state index contributed by atoms with van der Waals surface area (Å²) in [5.41, 5.74) is 3.94. The number of aryl methyl sites for hydroxylation is 1. The first-order chi connectivity index (χ1) is 24.1. The second-order valence-corrected chi connectivity index (χ2v) is 11.8. The zero-order chi connectivity index (χ0) is 35.6. The van der Waals surface area contributed by atoms with Gasteiger partial charge in [-0.3, -0.25) is 14.5 Å². The molecule has 0 aliphatic heterocycles. The van der Waals surface area contributed by atoms with Crippen LogP contribution < -0.4 is 15.5 Å². The number of likely N-dealkylation sites (N-methyl/N-ethyl adjacent to an activating group) is 1. The third kappa shape index (κ3) is 8.92. The molecule has 0 fully saturated rings. The summed E-state index contributed by atoms with van der Waals surface area (Å²) in [5, 5.41) is 20.2. The van der Waals surface area contributed by atoms with E-state index in [4.69, 9.17) is 16.3 Å². The number of carbonyl (C=O) groups excluding carboxylic acids is 2. The van der Waals surface area contributed by atoms with E-state index in [1.54, 1.807) is 31.3 Å². The highest BCUT2D eigenvalue weighted by Crippen LogP contribution is 2.35. The molecule has 2 heterocycles. The number of aromatic carboxylic acids is 1. The monoisotopic (exact) mass is 701 g/mol. The Morgan fingerprint density at radius 2 is 1.80 bits per heavy atom. The van der Waals surface area contributed by atoms with E-state index in [2.05, 4.69) is 20.7 Å². The van der Waals surface area contributed by atoms with Crippen molar-refractivity contribution in [1.29, 1.82) is 0 Å². The van der Waals surface area contributed by atoms with Gasteiger partial charge in [0.1, 0.15) is 18.1 Å². The van der Waals surface area contributed by atoms with Crippen LogP contribution in [0.1, 0.15) is 22.5 Å². The molecule has 0 aliphatic rings. The van der Waals surface area contributed by atoms with Gasteiger partial charge >= 0.3 is 12.1 Å². The summed E-state index contributed by atoms with van der Waals surface area (Å²) in [6.07, 6.45) is 1.69. The van der Waals surface area contributed by atoms with Gasteiger partial charge in [0.2, 0.25) is 5.91 Å². The Hall–Kier alpha value is -5.53. The van der Waals surface area contributed by atoms with Gasteiger partial charge in [0.25, 0.3) is 0 Å². The highest BCUT2D eigenvalue weighted by Gasteiger charge is 2.21. The van der Waals surface area contributed by atoms with Crippen molar-refractivity contribution in [2.45, 2.75) is 13.0 Å². The minimum atomic E-state index is -1.09. The summed E-state index contributed by atoms with van der Waals surface area (Å²) in [7, 11) is 3.13. The summed E-state index contributed by atoms with van der Waals surface area (Å²) in [6.45, 7) is 1.54. The molecule has 2 aromatic heterocycles. The molecule has 0 aliphatic carbocycles. The number of hydrogen-bond acceptors (Lipinski definition) is 8. The maximum atomic E-state index is 14.4. The van der Waals surface area contributed by atoms with Gasteiger partial charge in [-0.1, -0.05) is 48.0 Å². The van der Waals surface area contributed by atoms with Crippen LogP contribution in [0.2, 0.25) is 5.02 Å². The lowest BCUT2D eigenvalue weighted by Gasteiger charge is -2.30. The quantitative estimate of drug-likeness (QED) is 0.118. The lowest BCUT2D eigenvalue weighted by molar-refractivity contribution is -0.119. The Bertz CT molecular complexity index is 1970. The molecule has 0 saturated heterocycles. The highest BCUT2D eigenvalue weighted by molar-refractivity contribution is 6.31. The number of benzene rings is 3. The second kappa shape index (κ2) is 16.7. The van der Waals surface area contributed by atoms with E-state index in [1.165, 1.54) is 22.9 Å². The molecule has 0 unspecified atom stereocenters. The van der Waals surface area contributed by atoms with Gasteiger partial charge in [-0.2, -0.15) is 5.10 Å². The fraction of sp³-hybridized carbons (Fsp3) is 0.250. The van der Waals surface area contributed by atoms with Gasteiger partial charge in [0, 0.05) is 56.6 Å². The van der Waals surface area contributed by atoms with E-state index in [-0.39, 0.29) is 42.9 Å². The van der Waals surface area contributed by atoms with Gasteiger partial charge in [0.05, 0.1) is 28.5 Å². The van der Waals surface area contributed by atoms with Crippen LogP contribution in [0.3, 0.4) is 0 Å². The van der Waals surface area contributed by atoms with Crippen LogP contribution in [0.15, 0.2) is 85.1 Å². The summed E-state index contributed by atoms with van der Waals surface area (Å²) < 4.78 is 21.4. The predicted molar refractivity (Wildman–Crippen MR) is 189 cm³/mol. The Morgan fingerprint density at radius 1 is 1.00 bits per heavy atom. The topological polar surface area (TPSA) is 142 Å².